The number of rotatable bonds is 5. The first-order chi connectivity index (χ1) is 9.54. The van der Waals surface area contributed by atoms with Crippen LogP contribution in [0.15, 0.2) is 47.6 Å². The monoisotopic (exact) mass is 310 g/mol. The standard InChI is InChI=1S/C14H12ClFN2OS/c15-10-3-6-13(18-8-10)20-12(14(17)19)7-9-1-4-11(16)5-2-9/h1-6,8,12H,7H2,(H2,17,19)/t12-/m1/s1. The summed E-state index contributed by atoms with van der Waals surface area (Å²) in [6, 6.07) is 9.43. The first kappa shape index (κ1) is 14.8. The summed E-state index contributed by atoms with van der Waals surface area (Å²) in [6.45, 7) is 0. The molecule has 0 unspecified atom stereocenters. The van der Waals surface area contributed by atoms with Crippen LogP contribution >= 0.6 is 23.4 Å². The van der Waals surface area contributed by atoms with E-state index in [1.165, 1.54) is 30.1 Å². The minimum atomic E-state index is -0.464. The number of carbonyl (C=O) groups excluding carboxylic acids is 1. The van der Waals surface area contributed by atoms with E-state index in [1.807, 2.05) is 0 Å². The van der Waals surface area contributed by atoms with Gasteiger partial charge in [-0.15, -0.1) is 0 Å². The number of nitrogens with zero attached hydrogens (tertiary/aromatic N) is 1. The first-order valence-corrected chi connectivity index (χ1v) is 7.12. The lowest BCUT2D eigenvalue weighted by Crippen LogP contribution is -2.27. The molecule has 0 spiro atoms. The molecule has 0 fully saturated rings. The lowest BCUT2D eigenvalue weighted by molar-refractivity contribution is -0.117. The zero-order valence-electron chi connectivity index (χ0n) is 10.4. The lowest BCUT2D eigenvalue weighted by Gasteiger charge is -2.12. The maximum atomic E-state index is 12.8. The number of hydrogen-bond donors (Lipinski definition) is 1. The molecule has 1 aromatic carbocycles. The predicted octanol–water partition coefficient (Wildman–Crippen LogP) is 3.06. The quantitative estimate of drug-likeness (QED) is 0.864. The third-order valence-corrected chi connectivity index (χ3v) is 4.01. The van der Waals surface area contributed by atoms with Crippen molar-refractivity contribution in [3.05, 3.63) is 59.0 Å². The van der Waals surface area contributed by atoms with Crippen molar-refractivity contribution < 1.29 is 9.18 Å². The Morgan fingerprint density at radius 1 is 1.30 bits per heavy atom. The van der Waals surface area contributed by atoms with Crippen LogP contribution in [0.1, 0.15) is 5.56 Å². The Morgan fingerprint density at radius 2 is 2.00 bits per heavy atom. The van der Waals surface area contributed by atoms with E-state index >= 15 is 0 Å². The molecule has 0 aliphatic carbocycles. The number of hydrogen-bond acceptors (Lipinski definition) is 3. The van der Waals surface area contributed by atoms with Crippen LogP contribution in [0, 0.1) is 5.82 Å². The van der Waals surface area contributed by atoms with Gasteiger partial charge in [-0.1, -0.05) is 35.5 Å². The van der Waals surface area contributed by atoms with Gasteiger partial charge in [-0.25, -0.2) is 9.37 Å². The van der Waals surface area contributed by atoms with Gasteiger partial charge in [0.25, 0.3) is 0 Å². The number of carbonyl (C=O) groups is 1. The number of thioether (sulfide) groups is 1. The van der Waals surface area contributed by atoms with Gasteiger partial charge in [-0.05, 0) is 36.2 Å². The van der Waals surface area contributed by atoms with Crippen LogP contribution in [0.4, 0.5) is 4.39 Å². The average molecular weight is 311 g/mol. The molecule has 0 aliphatic rings. The van der Waals surface area contributed by atoms with Gasteiger partial charge in [0.15, 0.2) is 0 Å². The summed E-state index contributed by atoms with van der Waals surface area (Å²) in [7, 11) is 0. The van der Waals surface area contributed by atoms with Gasteiger partial charge in [0.2, 0.25) is 5.91 Å². The fourth-order valence-electron chi connectivity index (χ4n) is 1.61. The topological polar surface area (TPSA) is 56.0 Å². The maximum Gasteiger partial charge on any atom is 0.231 e. The predicted molar refractivity (Wildman–Crippen MR) is 78.2 cm³/mol. The number of nitrogens with two attached hydrogens (primary N) is 1. The Bertz CT molecular complexity index is 542. The first-order valence-electron chi connectivity index (χ1n) is 5.86. The molecule has 1 atom stereocenters. The van der Waals surface area contributed by atoms with Gasteiger partial charge < -0.3 is 5.73 Å². The van der Waals surface area contributed by atoms with Gasteiger partial charge in [0.05, 0.1) is 15.3 Å². The van der Waals surface area contributed by atoms with Gasteiger partial charge >= 0.3 is 0 Å². The fraction of sp³-hybridized carbons (Fsp3) is 0.143. The van der Waals surface area contributed by atoms with Crippen LogP contribution < -0.4 is 5.73 Å². The van der Waals surface area contributed by atoms with E-state index in [-0.39, 0.29) is 5.82 Å². The van der Waals surface area contributed by atoms with Crippen LogP contribution in [0.5, 0.6) is 0 Å². The molecule has 0 aliphatic heterocycles. The molecular formula is C14H12ClFN2OS. The van der Waals surface area contributed by atoms with Crippen molar-refractivity contribution in [2.75, 3.05) is 0 Å². The highest BCUT2D eigenvalue weighted by Crippen LogP contribution is 2.25. The average Bonchev–Trinajstić information content (AvgIpc) is 2.42. The van der Waals surface area contributed by atoms with Crippen molar-refractivity contribution in [3.8, 4) is 0 Å². The Kier molecular flexibility index (Phi) is 4.98. The summed E-state index contributed by atoms with van der Waals surface area (Å²) in [5, 5.41) is 0.734. The molecule has 1 amide bonds. The van der Waals surface area contributed by atoms with Gasteiger partial charge in [0.1, 0.15) is 5.82 Å². The van der Waals surface area contributed by atoms with E-state index in [9.17, 15) is 9.18 Å². The Morgan fingerprint density at radius 3 is 2.55 bits per heavy atom. The Balaban J connectivity index is 2.09. The second-order valence-corrected chi connectivity index (χ2v) is 5.81. The maximum absolute atomic E-state index is 12.8. The fourth-order valence-corrected chi connectivity index (χ4v) is 2.67. The molecule has 20 heavy (non-hydrogen) atoms. The summed E-state index contributed by atoms with van der Waals surface area (Å²) in [5.41, 5.74) is 6.25. The van der Waals surface area contributed by atoms with Crippen molar-refractivity contribution in [1.82, 2.24) is 4.98 Å². The van der Waals surface area contributed by atoms with Crippen LogP contribution in [-0.4, -0.2) is 16.1 Å². The number of amides is 1. The number of benzene rings is 1. The molecule has 0 saturated heterocycles. The third-order valence-electron chi connectivity index (χ3n) is 2.61. The molecule has 0 radical (unpaired) electrons. The van der Waals surface area contributed by atoms with Gasteiger partial charge in [-0.3, -0.25) is 4.79 Å². The minimum Gasteiger partial charge on any atom is -0.369 e. The van der Waals surface area contributed by atoms with Crippen molar-refractivity contribution in [1.29, 1.82) is 0 Å². The normalized spacial score (nSPS) is 12.1. The lowest BCUT2D eigenvalue weighted by atomic mass is 10.1. The third kappa shape index (κ3) is 4.21. The molecule has 6 heteroatoms. The molecular weight excluding hydrogens is 299 g/mol. The van der Waals surface area contributed by atoms with Gasteiger partial charge in [-0.2, -0.15) is 0 Å². The second-order valence-electron chi connectivity index (χ2n) is 4.15. The van der Waals surface area contributed by atoms with Gasteiger partial charge in [0, 0.05) is 6.20 Å². The zero-order valence-corrected chi connectivity index (χ0v) is 12.0. The summed E-state index contributed by atoms with van der Waals surface area (Å²) >= 11 is 7.02. The van der Waals surface area contributed by atoms with Crippen LogP contribution in [0.2, 0.25) is 5.02 Å². The summed E-state index contributed by atoms with van der Waals surface area (Å²) in [4.78, 5) is 15.6. The largest absolute Gasteiger partial charge is 0.369 e. The van der Waals surface area contributed by atoms with Crippen molar-refractivity contribution >= 4 is 29.3 Å². The van der Waals surface area contributed by atoms with Crippen molar-refractivity contribution in [2.24, 2.45) is 5.73 Å². The van der Waals surface area contributed by atoms with Crippen LogP contribution in [-0.2, 0) is 11.2 Å². The summed E-state index contributed by atoms with van der Waals surface area (Å²) in [5.74, 6) is -0.743. The number of pyridine rings is 1. The number of aromatic nitrogens is 1. The van der Waals surface area contributed by atoms with Crippen LogP contribution in [0.3, 0.4) is 0 Å². The van der Waals surface area contributed by atoms with E-state index < -0.39 is 11.2 Å². The summed E-state index contributed by atoms with van der Waals surface area (Å²) < 4.78 is 12.8. The number of halogens is 2. The molecule has 104 valence electrons. The molecule has 0 bridgehead atoms. The smallest absolute Gasteiger partial charge is 0.231 e. The molecule has 2 N–H and O–H groups in total. The minimum absolute atomic E-state index is 0.309. The number of primary amides is 1. The van der Waals surface area contributed by atoms with Crippen LogP contribution in [0.25, 0.3) is 0 Å². The summed E-state index contributed by atoms with van der Waals surface area (Å²) in [6.07, 6.45) is 1.93. The molecule has 3 nitrogen and oxygen atoms in total. The van der Waals surface area contributed by atoms with Crippen molar-refractivity contribution in [3.63, 3.8) is 0 Å². The zero-order chi connectivity index (χ0) is 14.5. The van der Waals surface area contributed by atoms with E-state index in [4.69, 9.17) is 17.3 Å². The van der Waals surface area contributed by atoms with Crippen molar-refractivity contribution in [2.45, 2.75) is 16.7 Å². The highest BCUT2D eigenvalue weighted by molar-refractivity contribution is 8.00. The molecule has 2 aromatic rings. The molecule has 1 heterocycles. The SMILES string of the molecule is NC(=O)[C@@H](Cc1ccc(F)cc1)Sc1ccc(Cl)cn1. The van der Waals surface area contributed by atoms with E-state index in [0.29, 0.717) is 16.5 Å². The molecule has 1 aromatic heterocycles. The Hall–Kier alpha value is -1.59. The second kappa shape index (κ2) is 6.72. The highest BCUT2D eigenvalue weighted by Gasteiger charge is 2.18. The molecule has 0 saturated carbocycles. The van der Waals surface area contributed by atoms with E-state index in [0.717, 1.165) is 5.56 Å². The van der Waals surface area contributed by atoms with E-state index in [2.05, 4.69) is 4.98 Å². The Labute approximate surface area is 125 Å². The molecule has 2 rings (SSSR count). The van der Waals surface area contributed by atoms with E-state index in [1.54, 1.807) is 24.3 Å². The highest BCUT2D eigenvalue weighted by atomic mass is 35.5.